The van der Waals surface area contributed by atoms with Crippen LogP contribution in [0.25, 0.3) is 22.3 Å². The number of aromatic nitrogens is 3. The Balaban J connectivity index is 1.38. The second kappa shape index (κ2) is 10.8. The van der Waals surface area contributed by atoms with E-state index in [0.717, 1.165) is 28.0 Å². The molecular formula is C29H26N6O3. The summed E-state index contributed by atoms with van der Waals surface area (Å²) >= 11 is 0. The third-order valence-electron chi connectivity index (χ3n) is 6.14. The molecule has 0 aliphatic rings. The Morgan fingerprint density at radius 3 is 2.26 bits per heavy atom. The number of carbonyl (C=O) groups excluding carboxylic acids is 1. The number of H-pyrrole nitrogens is 1. The van der Waals surface area contributed by atoms with Crippen LogP contribution in [0.3, 0.4) is 0 Å². The molecule has 2 heterocycles. The quantitative estimate of drug-likeness (QED) is 0.229. The molecule has 2 aromatic heterocycles. The number of para-hydroxylation sites is 2. The Bertz CT molecular complexity index is 1530. The van der Waals surface area contributed by atoms with Gasteiger partial charge in [0.1, 0.15) is 6.04 Å². The fourth-order valence-electron chi connectivity index (χ4n) is 4.23. The van der Waals surface area contributed by atoms with Crippen LogP contribution in [0.1, 0.15) is 10.4 Å². The maximum absolute atomic E-state index is 13.2. The van der Waals surface area contributed by atoms with Crippen LogP contribution in [-0.4, -0.2) is 51.6 Å². The normalized spacial score (nSPS) is 11.6. The minimum atomic E-state index is -1.15. The summed E-state index contributed by atoms with van der Waals surface area (Å²) in [7, 11) is 1.75. The predicted molar refractivity (Wildman–Crippen MR) is 148 cm³/mol. The number of anilines is 3. The number of hydrogen-bond donors (Lipinski definition) is 4. The number of aromatic amines is 1. The van der Waals surface area contributed by atoms with Crippen LogP contribution >= 0.6 is 0 Å². The van der Waals surface area contributed by atoms with Crippen molar-refractivity contribution in [3.05, 3.63) is 103 Å². The highest BCUT2D eigenvalue weighted by atomic mass is 16.4. The molecule has 0 fully saturated rings. The summed E-state index contributed by atoms with van der Waals surface area (Å²) < 4.78 is 0. The summed E-state index contributed by atoms with van der Waals surface area (Å²) in [6, 6.07) is 26.7. The van der Waals surface area contributed by atoms with Gasteiger partial charge in [-0.25, -0.2) is 14.8 Å². The van der Waals surface area contributed by atoms with Crippen molar-refractivity contribution >= 4 is 40.1 Å². The Morgan fingerprint density at radius 2 is 1.63 bits per heavy atom. The number of carboxylic acids is 1. The van der Waals surface area contributed by atoms with Gasteiger partial charge in [0.2, 0.25) is 5.95 Å². The van der Waals surface area contributed by atoms with Gasteiger partial charge in [-0.2, -0.15) is 0 Å². The van der Waals surface area contributed by atoms with Gasteiger partial charge in [0.05, 0.1) is 17.9 Å². The van der Waals surface area contributed by atoms with Crippen LogP contribution in [0.15, 0.2) is 97.2 Å². The first kappa shape index (κ1) is 24.5. The summed E-state index contributed by atoms with van der Waals surface area (Å²) in [6.45, 7) is 0.0488. The van der Waals surface area contributed by atoms with Crippen molar-refractivity contribution < 1.29 is 14.7 Å². The Labute approximate surface area is 219 Å². The van der Waals surface area contributed by atoms with Crippen LogP contribution < -0.4 is 15.5 Å². The van der Waals surface area contributed by atoms with Crippen LogP contribution in [0.4, 0.5) is 17.3 Å². The van der Waals surface area contributed by atoms with Crippen LogP contribution in [0, 0.1) is 0 Å². The highest BCUT2D eigenvalue weighted by Gasteiger charge is 2.25. The number of aliphatic carboxylic acids is 1. The Morgan fingerprint density at radius 1 is 0.947 bits per heavy atom. The second-order valence-corrected chi connectivity index (χ2v) is 8.65. The van der Waals surface area contributed by atoms with E-state index in [1.54, 1.807) is 37.5 Å². The van der Waals surface area contributed by atoms with E-state index in [0.29, 0.717) is 17.2 Å². The number of nitrogens with zero attached hydrogens (tertiary/aromatic N) is 3. The van der Waals surface area contributed by atoms with Crippen LogP contribution in [-0.2, 0) is 4.79 Å². The lowest BCUT2D eigenvalue weighted by Crippen LogP contribution is -2.47. The molecule has 0 spiro atoms. The molecule has 0 aliphatic carbocycles. The van der Waals surface area contributed by atoms with E-state index in [4.69, 9.17) is 0 Å². The minimum Gasteiger partial charge on any atom is -0.480 e. The zero-order chi connectivity index (χ0) is 26.5. The van der Waals surface area contributed by atoms with Gasteiger partial charge in [-0.05, 0) is 54.6 Å². The summed E-state index contributed by atoms with van der Waals surface area (Å²) in [6.07, 6.45) is 1.67. The summed E-state index contributed by atoms with van der Waals surface area (Å²) in [5.74, 6) is -1.09. The van der Waals surface area contributed by atoms with Crippen molar-refractivity contribution in [1.29, 1.82) is 0 Å². The van der Waals surface area contributed by atoms with Gasteiger partial charge in [-0.15, -0.1) is 0 Å². The van der Waals surface area contributed by atoms with Crippen molar-refractivity contribution in [1.82, 2.24) is 20.3 Å². The molecule has 1 amide bonds. The summed E-state index contributed by atoms with van der Waals surface area (Å²) in [5, 5.41) is 16.4. The van der Waals surface area contributed by atoms with E-state index in [1.165, 1.54) is 0 Å². The lowest BCUT2D eigenvalue weighted by molar-refractivity contribution is -0.138. The highest BCUT2D eigenvalue weighted by molar-refractivity contribution is 6.00. The van der Waals surface area contributed by atoms with Crippen molar-refractivity contribution in [3.8, 4) is 11.4 Å². The molecule has 5 aromatic rings. The number of amides is 1. The van der Waals surface area contributed by atoms with Gasteiger partial charge in [-0.1, -0.05) is 36.4 Å². The van der Waals surface area contributed by atoms with E-state index in [9.17, 15) is 14.7 Å². The van der Waals surface area contributed by atoms with Crippen molar-refractivity contribution in [2.45, 2.75) is 6.04 Å². The third-order valence-corrected chi connectivity index (χ3v) is 6.14. The van der Waals surface area contributed by atoms with E-state index < -0.39 is 17.9 Å². The van der Waals surface area contributed by atoms with Crippen molar-refractivity contribution in [2.24, 2.45) is 0 Å². The number of fused-ring (bicyclic) bond motifs is 1. The monoisotopic (exact) mass is 506 g/mol. The molecule has 5 rings (SSSR count). The van der Waals surface area contributed by atoms with E-state index in [2.05, 4.69) is 25.6 Å². The summed E-state index contributed by atoms with van der Waals surface area (Å²) in [5.41, 5.74) is 4.33. The first-order chi connectivity index (χ1) is 18.5. The summed E-state index contributed by atoms with van der Waals surface area (Å²) in [4.78, 5) is 39.2. The zero-order valence-corrected chi connectivity index (χ0v) is 20.6. The molecule has 0 saturated carbocycles. The van der Waals surface area contributed by atoms with Crippen molar-refractivity contribution in [3.63, 3.8) is 0 Å². The van der Waals surface area contributed by atoms with Crippen LogP contribution in [0.5, 0.6) is 0 Å². The minimum absolute atomic E-state index is 0.0488. The van der Waals surface area contributed by atoms with E-state index in [-0.39, 0.29) is 6.54 Å². The molecule has 3 aromatic carbocycles. The van der Waals surface area contributed by atoms with Crippen LogP contribution in [0.2, 0.25) is 0 Å². The Hall–Kier alpha value is -5.18. The average molecular weight is 507 g/mol. The number of nitrogens with one attached hydrogen (secondary N) is 3. The molecule has 1 atom stereocenters. The molecule has 9 heteroatoms. The molecular weight excluding hydrogens is 480 g/mol. The molecule has 0 radical (unpaired) electrons. The van der Waals surface area contributed by atoms with Gasteiger partial charge >= 0.3 is 5.97 Å². The number of hydrogen-bond acceptors (Lipinski definition) is 6. The van der Waals surface area contributed by atoms with Crippen molar-refractivity contribution in [2.75, 3.05) is 23.8 Å². The lowest BCUT2D eigenvalue weighted by Gasteiger charge is -2.28. The van der Waals surface area contributed by atoms with Gasteiger partial charge in [-0.3, -0.25) is 4.79 Å². The SMILES string of the molecule is CNc1nccc(-c2cc3cc(C(=O)N[C@@H](CN(c4ccccc4)c4ccccc4)C(=O)O)ccc3[nH]2)n1. The fourth-order valence-corrected chi connectivity index (χ4v) is 4.23. The first-order valence-electron chi connectivity index (χ1n) is 12.1. The van der Waals surface area contributed by atoms with Gasteiger partial charge < -0.3 is 25.6 Å². The molecule has 0 saturated heterocycles. The number of carbonyl (C=O) groups is 2. The molecule has 0 bridgehead atoms. The standard InChI is InChI=1S/C29H26N6O3/c1-30-29-31-15-14-24(34-29)25-17-20-16-19(12-13-23(20)32-25)27(36)33-26(28(37)38)18-35(21-8-4-2-5-9-21)22-10-6-3-7-11-22/h2-17,26,32H,18H2,1H3,(H,33,36)(H,37,38)(H,30,31,34)/t26-/m0/s1. The topological polar surface area (TPSA) is 123 Å². The third kappa shape index (κ3) is 5.31. The Kier molecular flexibility index (Phi) is 6.99. The van der Waals surface area contributed by atoms with Gasteiger partial charge in [0.25, 0.3) is 5.91 Å². The molecule has 9 nitrogen and oxygen atoms in total. The largest absolute Gasteiger partial charge is 0.480 e. The molecule has 190 valence electrons. The average Bonchev–Trinajstić information content (AvgIpc) is 3.39. The lowest BCUT2D eigenvalue weighted by atomic mass is 10.1. The molecule has 0 unspecified atom stereocenters. The van der Waals surface area contributed by atoms with E-state index in [1.807, 2.05) is 71.6 Å². The highest BCUT2D eigenvalue weighted by Crippen LogP contribution is 2.26. The number of benzene rings is 3. The van der Waals surface area contributed by atoms with Gasteiger partial charge in [0.15, 0.2) is 0 Å². The molecule has 0 aliphatic heterocycles. The molecule has 38 heavy (non-hydrogen) atoms. The molecule has 4 N–H and O–H groups in total. The fraction of sp³-hybridized carbons (Fsp3) is 0.103. The first-order valence-corrected chi connectivity index (χ1v) is 12.1. The number of rotatable bonds is 9. The van der Waals surface area contributed by atoms with E-state index >= 15 is 0 Å². The smallest absolute Gasteiger partial charge is 0.328 e. The number of carboxylic acid groups (broad SMARTS) is 1. The maximum Gasteiger partial charge on any atom is 0.328 e. The predicted octanol–water partition coefficient (Wildman–Crippen LogP) is 4.69. The second-order valence-electron chi connectivity index (χ2n) is 8.65. The van der Waals surface area contributed by atoms with Gasteiger partial charge in [0, 0.05) is 41.1 Å². The zero-order valence-electron chi connectivity index (χ0n) is 20.6. The maximum atomic E-state index is 13.2.